The predicted molar refractivity (Wildman–Crippen MR) is 87.0 cm³/mol. The van der Waals surface area contributed by atoms with E-state index in [1.54, 1.807) is 6.07 Å². The Kier molecular flexibility index (Phi) is 4.50. The van der Waals surface area contributed by atoms with Crippen LogP contribution in [0.3, 0.4) is 0 Å². The van der Waals surface area contributed by atoms with Gasteiger partial charge in [0.05, 0.1) is 0 Å². The Labute approximate surface area is 129 Å². The molecule has 0 heterocycles. The SMILES string of the molecule is Cc1ccc(NCc2cc(Br)ccc2O)cc1I. The first-order valence-electron chi connectivity index (χ1n) is 5.53. The molecule has 94 valence electrons. The molecule has 0 fully saturated rings. The fourth-order valence-electron chi connectivity index (χ4n) is 1.60. The van der Waals surface area contributed by atoms with Gasteiger partial charge in [-0.1, -0.05) is 22.0 Å². The van der Waals surface area contributed by atoms with E-state index in [2.05, 4.69) is 62.9 Å². The molecule has 0 saturated carbocycles. The first kappa shape index (κ1) is 13.7. The van der Waals surface area contributed by atoms with Crippen molar-refractivity contribution in [1.82, 2.24) is 0 Å². The molecule has 0 aliphatic heterocycles. The van der Waals surface area contributed by atoms with Crippen molar-refractivity contribution in [3.05, 3.63) is 55.6 Å². The van der Waals surface area contributed by atoms with Gasteiger partial charge >= 0.3 is 0 Å². The van der Waals surface area contributed by atoms with Crippen LogP contribution in [0.5, 0.6) is 5.75 Å². The molecule has 0 aliphatic carbocycles. The molecule has 0 atom stereocenters. The van der Waals surface area contributed by atoms with Gasteiger partial charge in [-0.3, -0.25) is 0 Å². The standard InChI is InChI=1S/C14H13BrINO/c1-9-2-4-12(7-13(9)16)17-8-10-6-11(15)3-5-14(10)18/h2-7,17-18H,8H2,1H3. The molecule has 0 saturated heterocycles. The van der Waals surface area contributed by atoms with Gasteiger partial charge in [0.15, 0.2) is 0 Å². The number of phenols is 1. The van der Waals surface area contributed by atoms with E-state index < -0.39 is 0 Å². The number of hydrogen-bond donors (Lipinski definition) is 2. The Morgan fingerprint density at radius 1 is 1.22 bits per heavy atom. The van der Waals surface area contributed by atoms with E-state index in [0.717, 1.165) is 15.7 Å². The van der Waals surface area contributed by atoms with E-state index in [9.17, 15) is 5.11 Å². The first-order chi connectivity index (χ1) is 8.56. The zero-order chi connectivity index (χ0) is 13.1. The molecule has 0 unspecified atom stereocenters. The van der Waals surface area contributed by atoms with Crippen molar-refractivity contribution in [2.45, 2.75) is 13.5 Å². The summed E-state index contributed by atoms with van der Waals surface area (Å²) in [6, 6.07) is 11.7. The lowest BCUT2D eigenvalue weighted by molar-refractivity contribution is 0.469. The summed E-state index contributed by atoms with van der Waals surface area (Å²) in [4.78, 5) is 0. The largest absolute Gasteiger partial charge is 0.508 e. The average molecular weight is 418 g/mol. The Hall–Kier alpha value is -0.750. The van der Waals surface area contributed by atoms with Crippen LogP contribution in [0.2, 0.25) is 0 Å². The Morgan fingerprint density at radius 2 is 2.00 bits per heavy atom. The molecule has 2 nitrogen and oxygen atoms in total. The predicted octanol–water partition coefficient (Wildman–Crippen LogP) is 4.68. The number of rotatable bonds is 3. The minimum atomic E-state index is 0.313. The molecule has 0 radical (unpaired) electrons. The van der Waals surface area contributed by atoms with Crippen LogP contribution >= 0.6 is 38.5 Å². The second kappa shape index (κ2) is 5.93. The van der Waals surface area contributed by atoms with Crippen molar-refractivity contribution in [3.8, 4) is 5.75 Å². The highest BCUT2D eigenvalue weighted by molar-refractivity contribution is 14.1. The van der Waals surface area contributed by atoms with Gasteiger partial charge in [-0.2, -0.15) is 0 Å². The van der Waals surface area contributed by atoms with Crippen LogP contribution in [-0.2, 0) is 6.54 Å². The lowest BCUT2D eigenvalue weighted by Crippen LogP contribution is -2.00. The highest BCUT2D eigenvalue weighted by Gasteiger charge is 2.02. The zero-order valence-electron chi connectivity index (χ0n) is 9.87. The highest BCUT2D eigenvalue weighted by Crippen LogP contribution is 2.23. The summed E-state index contributed by atoms with van der Waals surface area (Å²) >= 11 is 5.72. The van der Waals surface area contributed by atoms with Crippen molar-refractivity contribution in [2.75, 3.05) is 5.32 Å². The number of hydrogen-bond acceptors (Lipinski definition) is 2. The minimum Gasteiger partial charge on any atom is -0.508 e. The lowest BCUT2D eigenvalue weighted by Gasteiger charge is -2.10. The molecule has 2 aromatic rings. The number of anilines is 1. The van der Waals surface area contributed by atoms with Crippen LogP contribution in [0.4, 0.5) is 5.69 Å². The fraction of sp³-hybridized carbons (Fsp3) is 0.143. The quantitative estimate of drug-likeness (QED) is 0.710. The maximum absolute atomic E-state index is 9.75. The zero-order valence-corrected chi connectivity index (χ0v) is 13.6. The molecular weight excluding hydrogens is 405 g/mol. The third-order valence-corrected chi connectivity index (χ3v) is 4.35. The summed E-state index contributed by atoms with van der Waals surface area (Å²) < 4.78 is 2.20. The van der Waals surface area contributed by atoms with Crippen LogP contribution in [0, 0.1) is 10.5 Å². The maximum Gasteiger partial charge on any atom is 0.120 e. The number of nitrogens with one attached hydrogen (secondary N) is 1. The van der Waals surface area contributed by atoms with Crippen molar-refractivity contribution < 1.29 is 5.11 Å². The molecule has 0 amide bonds. The van der Waals surface area contributed by atoms with Gasteiger partial charge < -0.3 is 10.4 Å². The molecule has 18 heavy (non-hydrogen) atoms. The minimum absolute atomic E-state index is 0.313. The topological polar surface area (TPSA) is 32.3 Å². The molecule has 0 aromatic heterocycles. The molecule has 2 N–H and O–H groups in total. The number of benzene rings is 2. The first-order valence-corrected chi connectivity index (χ1v) is 7.41. The summed E-state index contributed by atoms with van der Waals surface area (Å²) in [5.74, 6) is 0.313. The second-order valence-corrected chi connectivity index (χ2v) is 6.17. The van der Waals surface area contributed by atoms with Crippen molar-refractivity contribution >= 4 is 44.2 Å². The van der Waals surface area contributed by atoms with Gasteiger partial charge in [0.1, 0.15) is 5.75 Å². The van der Waals surface area contributed by atoms with E-state index in [4.69, 9.17) is 0 Å². The summed E-state index contributed by atoms with van der Waals surface area (Å²) in [5, 5.41) is 13.1. The van der Waals surface area contributed by atoms with Gasteiger partial charge in [-0.25, -0.2) is 0 Å². The summed E-state index contributed by atoms with van der Waals surface area (Å²) in [6.45, 7) is 2.69. The van der Waals surface area contributed by atoms with Crippen LogP contribution in [0.25, 0.3) is 0 Å². The lowest BCUT2D eigenvalue weighted by atomic mass is 10.2. The smallest absolute Gasteiger partial charge is 0.120 e. The van der Waals surface area contributed by atoms with Crippen LogP contribution < -0.4 is 5.32 Å². The number of halogens is 2. The molecule has 0 aliphatic rings. The number of aryl methyl sites for hydroxylation is 1. The molecule has 4 heteroatoms. The summed E-state index contributed by atoms with van der Waals surface area (Å²) in [6.07, 6.45) is 0. The molecule has 0 bridgehead atoms. The van der Waals surface area contributed by atoms with Crippen molar-refractivity contribution in [1.29, 1.82) is 0 Å². The summed E-state index contributed by atoms with van der Waals surface area (Å²) in [7, 11) is 0. The third kappa shape index (κ3) is 3.38. The van der Waals surface area contributed by atoms with Crippen LogP contribution in [0.1, 0.15) is 11.1 Å². The van der Waals surface area contributed by atoms with E-state index >= 15 is 0 Å². The maximum atomic E-state index is 9.75. The molecular formula is C14H13BrINO. The average Bonchev–Trinajstić information content (AvgIpc) is 2.34. The molecule has 0 spiro atoms. The Bertz CT molecular complexity index is 572. The van der Waals surface area contributed by atoms with E-state index in [-0.39, 0.29) is 0 Å². The van der Waals surface area contributed by atoms with Gasteiger partial charge in [-0.15, -0.1) is 0 Å². The van der Waals surface area contributed by atoms with Crippen LogP contribution in [0.15, 0.2) is 40.9 Å². The Morgan fingerprint density at radius 3 is 2.72 bits per heavy atom. The number of phenolic OH excluding ortho intramolecular Hbond substituents is 1. The summed E-state index contributed by atoms with van der Waals surface area (Å²) in [5.41, 5.74) is 3.20. The van der Waals surface area contributed by atoms with Crippen molar-refractivity contribution in [2.24, 2.45) is 0 Å². The fourth-order valence-corrected chi connectivity index (χ4v) is 2.52. The molecule has 2 aromatic carbocycles. The Balaban J connectivity index is 2.11. The van der Waals surface area contributed by atoms with E-state index in [0.29, 0.717) is 12.3 Å². The second-order valence-electron chi connectivity index (χ2n) is 4.09. The van der Waals surface area contributed by atoms with Gasteiger partial charge in [0, 0.05) is 25.8 Å². The highest BCUT2D eigenvalue weighted by atomic mass is 127. The normalized spacial score (nSPS) is 10.4. The van der Waals surface area contributed by atoms with E-state index in [1.807, 2.05) is 18.2 Å². The van der Waals surface area contributed by atoms with E-state index in [1.165, 1.54) is 9.13 Å². The van der Waals surface area contributed by atoms with Gasteiger partial charge in [0.2, 0.25) is 0 Å². The van der Waals surface area contributed by atoms with Crippen LogP contribution in [-0.4, -0.2) is 5.11 Å². The molecule has 2 rings (SSSR count). The number of aromatic hydroxyl groups is 1. The van der Waals surface area contributed by atoms with Crippen molar-refractivity contribution in [3.63, 3.8) is 0 Å². The monoisotopic (exact) mass is 417 g/mol. The van der Waals surface area contributed by atoms with Gasteiger partial charge in [0.25, 0.3) is 0 Å². The van der Waals surface area contributed by atoms with Gasteiger partial charge in [-0.05, 0) is 65.4 Å². The third-order valence-electron chi connectivity index (χ3n) is 2.70.